The largest absolute Gasteiger partial charge is 0.476 e. The molecule has 0 spiro atoms. The zero-order valence-corrected chi connectivity index (χ0v) is 7.92. The van der Waals surface area contributed by atoms with Crippen LogP contribution in [0.4, 0.5) is 14.5 Å². The third-order valence-electron chi connectivity index (χ3n) is 1.77. The van der Waals surface area contributed by atoms with Crippen LogP contribution in [-0.4, -0.2) is 21.0 Å². The normalized spacial score (nSPS) is 10.0. The molecule has 1 N–H and O–H groups in total. The highest BCUT2D eigenvalue weighted by molar-refractivity contribution is 5.88. The maximum absolute atomic E-state index is 12.6. The number of carboxylic acids is 1. The predicted molar refractivity (Wildman–Crippen MR) is 47.5 cm³/mol. The van der Waals surface area contributed by atoms with Crippen molar-refractivity contribution in [1.82, 2.24) is 4.98 Å². The van der Waals surface area contributed by atoms with Crippen molar-refractivity contribution in [2.24, 2.45) is 0 Å². The summed E-state index contributed by atoms with van der Waals surface area (Å²) in [6.07, 6.45) is -3.37. The topological polar surface area (TPSA) is 117 Å². The lowest BCUT2D eigenvalue weighted by Crippen LogP contribution is -2.10. The van der Waals surface area contributed by atoms with E-state index >= 15 is 0 Å². The summed E-state index contributed by atoms with van der Waals surface area (Å²) in [5, 5.41) is 27.6. The molecule has 0 unspecified atom stereocenters. The molecule has 88 valence electrons. The number of nitro groups is 1. The van der Waals surface area contributed by atoms with Gasteiger partial charge < -0.3 is 5.11 Å². The van der Waals surface area contributed by atoms with Gasteiger partial charge in [0.15, 0.2) is 5.69 Å². The van der Waals surface area contributed by atoms with E-state index in [1.807, 2.05) is 0 Å². The molecule has 0 aromatic carbocycles. The molecule has 0 saturated carbocycles. The number of pyridine rings is 1. The Morgan fingerprint density at radius 3 is 2.59 bits per heavy atom. The molecule has 1 aromatic heterocycles. The number of carboxylic acid groups (broad SMARTS) is 1. The van der Waals surface area contributed by atoms with E-state index in [4.69, 9.17) is 10.4 Å². The molecular weight excluding hydrogens is 240 g/mol. The van der Waals surface area contributed by atoms with Crippen molar-refractivity contribution in [3.05, 3.63) is 33.1 Å². The minimum Gasteiger partial charge on any atom is -0.476 e. The summed E-state index contributed by atoms with van der Waals surface area (Å²) in [7, 11) is 0. The van der Waals surface area contributed by atoms with Crippen LogP contribution in [0.3, 0.4) is 0 Å². The first-order chi connectivity index (χ1) is 7.88. The van der Waals surface area contributed by atoms with Gasteiger partial charge in [0.1, 0.15) is 17.3 Å². The molecule has 0 saturated heterocycles. The summed E-state index contributed by atoms with van der Waals surface area (Å²) in [6, 6.07) is 1.87. The highest BCUT2D eigenvalue weighted by Gasteiger charge is 2.31. The summed E-state index contributed by atoms with van der Waals surface area (Å²) in [6.45, 7) is 0. The fourth-order valence-corrected chi connectivity index (χ4v) is 1.13. The number of nitriles is 1. The summed E-state index contributed by atoms with van der Waals surface area (Å²) in [4.78, 5) is 23.1. The van der Waals surface area contributed by atoms with E-state index in [2.05, 4.69) is 4.98 Å². The van der Waals surface area contributed by atoms with Crippen molar-refractivity contribution >= 4 is 11.7 Å². The van der Waals surface area contributed by atoms with E-state index in [0.717, 1.165) is 0 Å². The molecule has 0 aliphatic carbocycles. The Kier molecular flexibility index (Phi) is 3.28. The standard InChI is InChI=1S/C8H3F2N3O4/c9-7(10)5-4(13(16)17)1-3(2-11)12-6(5)8(14)15/h1,7H,(H,14,15). The molecular formula is C8H3F2N3O4. The van der Waals surface area contributed by atoms with Gasteiger partial charge in [-0.25, -0.2) is 18.6 Å². The summed E-state index contributed by atoms with van der Waals surface area (Å²) in [5.41, 5.74) is -4.24. The first-order valence-corrected chi connectivity index (χ1v) is 3.99. The van der Waals surface area contributed by atoms with Gasteiger partial charge in [0.2, 0.25) is 0 Å². The van der Waals surface area contributed by atoms with Gasteiger partial charge in [-0.15, -0.1) is 0 Å². The zero-order valence-electron chi connectivity index (χ0n) is 7.92. The van der Waals surface area contributed by atoms with E-state index in [9.17, 15) is 23.7 Å². The van der Waals surface area contributed by atoms with Crippen LogP contribution < -0.4 is 0 Å². The smallest absolute Gasteiger partial charge is 0.355 e. The van der Waals surface area contributed by atoms with Crippen LogP contribution in [0.5, 0.6) is 0 Å². The van der Waals surface area contributed by atoms with Gasteiger partial charge in [0.25, 0.3) is 12.1 Å². The lowest BCUT2D eigenvalue weighted by molar-refractivity contribution is -0.386. The molecule has 0 fully saturated rings. The maximum atomic E-state index is 12.6. The van der Waals surface area contributed by atoms with Crippen molar-refractivity contribution in [3.63, 3.8) is 0 Å². The van der Waals surface area contributed by atoms with Crippen molar-refractivity contribution in [2.45, 2.75) is 6.43 Å². The predicted octanol–water partition coefficient (Wildman–Crippen LogP) is 1.50. The summed E-state index contributed by atoms with van der Waals surface area (Å²) < 4.78 is 25.1. The second kappa shape index (κ2) is 4.48. The Labute approximate surface area is 92.1 Å². The molecule has 9 heteroatoms. The number of rotatable bonds is 3. The van der Waals surface area contributed by atoms with Crippen LogP contribution in [-0.2, 0) is 0 Å². The molecule has 0 aliphatic rings. The Morgan fingerprint density at radius 2 is 2.24 bits per heavy atom. The maximum Gasteiger partial charge on any atom is 0.355 e. The second-order valence-corrected chi connectivity index (χ2v) is 2.76. The van der Waals surface area contributed by atoms with Gasteiger partial charge in [-0.3, -0.25) is 10.1 Å². The minimum atomic E-state index is -3.37. The first kappa shape index (κ1) is 12.4. The Bertz CT molecular complexity index is 503. The number of carbonyl (C=O) groups is 1. The van der Waals surface area contributed by atoms with Crippen LogP contribution in [0.2, 0.25) is 0 Å². The fraction of sp³-hybridized carbons (Fsp3) is 0.125. The first-order valence-electron chi connectivity index (χ1n) is 3.99. The van der Waals surface area contributed by atoms with E-state index in [0.29, 0.717) is 6.07 Å². The molecule has 0 bridgehead atoms. The van der Waals surface area contributed by atoms with Crippen LogP contribution in [0.15, 0.2) is 6.07 Å². The summed E-state index contributed by atoms with van der Waals surface area (Å²) in [5.74, 6) is -1.86. The van der Waals surface area contributed by atoms with Gasteiger partial charge >= 0.3 is 5.97 Å². The fourth-order valence-electron chi connectivity index (χ4n) is 1.13. The average Bonchev–Trinajstić information content (AvgIpc) is 2.26. The van der Waals surface area contributed by atoms with Gasteiger partial charge in [-0.1, -0.05) is 0 Å². The van der Waals surface area contributed by atoms with E-state index in [-0.39, 0.29) is 0 Å². The lowest BCUT2D eigenvalue weighted by atomic mass is 10.1. The van der Waals surface area contributed by atoms with E-state index < -0.39 is 40.0 Å². The van der Waals surface area contributed by atoms with Gasteiger partial charge in [0, 0.05) is 0 Å². The molecule has 1 rings (SSSR count). The Hall–Kier alpha value is -2.63. The van der Waals surface area contributed by atoms with Crippen LogP contribution >= 0.6 is 0 Å². The number of halogens is 2. The van der Waals surface area contributed by atoms with Gasteiger partial charge in [0.05, 0.1) is 11.0 Å². The van der Waals surface area contributed by atoms with Crippen molar-refractivity contribution in [3.8, 4) is 6.07 Å². The minimum absolute atomic E-state index is 0.508. The Balaban J connectivity index is 3.69. The third-order valence-corrected chi connectivity index (χ3v) is 1.77. The average molecular weight is 243 g/mol. The van der Waals surface area contributed by atoms with Crippen LogP contribution in [0.1, 0.15) is 28.2 Å². The van der Waals surface area contributed by atoms with Crippen molar-refractivity contribution < 1.29 is 23.6 Å². The molecule has 1 heterocycles. The molecule has 7 nitrogen and oxygen atoms in total. The molecule has 0 radical (unpaired) electrons. The molecule has 0 atom stereocenters. The van der Waals surface area contributed by atoms with Crippen molar-refractivity contribution in [1.29, 1.82) is 5.26 Å². The number of aromatic nitrogens is 1. The Morgan fingerprint density at radius 1 is 1.65 bits per heavy atom. The number of aromatic carboxylic acids is 1. The van der Waals surface area contributed by atoms with Gasteiger partial charge in [-0.05, 0) is 0 Å². The SMILES string of the molecule is N#Cc1cc([N+](=O)[O-])c(C(F)F)c(C(=O)O)n1. The quantitative estimate of drug-likeness (QED) is 0.634. The van der Waals surface area contributed by atoms with E-state index in [1.165, 1.54) is 6.07 Å². The third kappa shape index (κ3) is 2.31. The molecule has 17 heavy (non-hydrogen) atoms. The highest BCUT2D eigenvalue weighted by atomic mass is 19.3. The number of hydrogen-bond donors (Lipinski definition) is 1. The van der Waals surface area contributed by atoms with Crippen LogP contribution in [0, 0.1) is 21.4 Å². The number of hydrogen-bond acceptors (Lipinski definition) is 5. The summed E-state index contributed by atoms with van der Waals surface area (Å²) >= 11 is 0. The molecule has 0 aliphatic heterocycles. The van der Waals surface area contributed by atoms with E-state index in [1.54, 1.807) is 0 Å². The monoisotopic (exact) mass is 243 g/mol. The van der Waals surface area contributed by atoms with Crippen molar-refractivity contribution in [2.75, 3.05) is 0 Å². The lowest BCUT2D eigenvalue weighted by Gasteiger charge is -2.05. The zero-order chi connectivity index (χ0) is 13.2. The number of nitrogens with zero attached hydrogens (tertiary/aromatic N) is 3. The number of alkyl halides is 2. The van der Waals surface area contributed by atoms with Crippen LogP contribution in [0.25, 0.3) is 0 Å². The van der Waals surface area contributed by atoms with Gasteiger partial charge in [-0.2, -0.15) is 5.26 Å². The highest BCUT2D eigenvalue weighted by Crippen LogP contribution is 2.31. The molecule has 0 amide bonds. The second-order valence-electron chi connectivity index (χ2n) is 2.76. The molecule has 1 aromatic rings.